The summed E-state index contributed by atoms with van der Waals surface area (Å²) < 4.78 is 0. The summed E-state index contributed by atoms with van der Waals surface area (Å²) in [5.74, 6) is 0. The van der Waals surface area contributed by atoms with Crippen molar-refractivity contribution in [2.75, 3.05) is 0 Å². The minimum Gasteiger partial charge on any atom is -0.297 e. The van der Waals surface area contributed by atoms with Crippen LogP contribution in [0.1, 0.15) is 40.4 Å². The molecule has 0 amide bonds. The molecule has 7 heteroatoms. The van der Waals surface area contributed by atoms with Crippen molar-refractivity contribution in [3.8, 4) is 0 Å². The largest absolute Gasteiger partial charge is 0.297 e. The maximum atomic E-state index is 11.1. The zero-order valence-electron chi connectivity index (χ0n) is 10.9. The van der Waals surface area contributed by atoms with Crippen molar-refractivity contribution in [3.05, 3.63) is 42.5 Å². The molecule has 0 aliphatic rings. The Balaban J connectivity index is 3.87. The van der Waals surface area contributed by atoms with E-state index in [-0.39, 0.29) is 6.29 Å². The summed E-state index contributed by atoms with van der Waals surface area (Å²) in [6.07, 6.45) is 1.39. The molecule has 0 N–H and O–H groups in total. The first-order valence-corrected chi connectivity index (χ1v) is 5.76. The highest BCUT2D eigenvalue weighted by Gasteiger charge is 2.32. The van der Waals surface area contributed by atoms with Crippen molar-refractivity contribution in [2.24, 2.45) is 0 Å². The van der Waals surface area contributed by atoms with E-state index >= 15 is 0 Å². The lowest BCUT2D eigenvalue weighted by molar-refractivity contribution is -0.395. The van der Waals surface area contributed by atoms with Crippen LogP contribution < -0.4 is 0 Å². The third-order valence-electron chi connectivity index (χ3n) is 3.11. The zero-order chi connectivity index (χ0) is 14.7. The van der Waals surface area contributed by atoms with Gasteiger partial charge in [-0.25, -0.2) is 0 Å². The molecule has 19 heavy (non-hydrogen) atoms. The van der Waals surface area contributed by atoms with Crippen LogP contribution in [0.3, 0.4) is 0 Å². The number of nitro groups is 2. The third-order valence-corrected chi connectivity index (χ3v) is 3.11. The van der Waals surface area contributed by atoms with Gasteiger partial charge in [-0.3, -0.25) is 25.0 Å². The second-order valence-electron chi connectivity index (χ2n) is 4.22. The van der Waals surface area contributed by atoms with Crippen LogP contribution in [0.15, 0.2) is 0 Å². The smallest absolute Gasteiger partial charge is 0.290 e. The molecule has 0 aromatic heterocycles. The average Bonchev–Trinajstić information content (AvgIpc) is 2.32. The highest BCUT2D eigenvalue weighted by Crippen LogP contribution is 2.37. The van der Waals surface area contributed by atoms with Crippen LogP contribution in [-0.2, 0) is 6.42 Å². The topological polar surface area (TPSA) is 103 Å². The Hall–Kier alpha value is -2.31. The van der Waals surface area contributed by atoms with Gasteiger partial charge in [-0.1, -0.05) is 13.3 Å². The van der Waals surface area contributed by atoms with Crippen molar-refractivity contribution in [1.82, 2.24) is 0 Å². The van der Waals surface area contributed by atoms with Gasteiger partial charge in [0, 0.05) is 11.1 Å². The molecule has 1 rings (SSSR count). The summed E-state index contributed by atoms with van der Waals surface area (Å²) in [6.45, 7) is 4.92. The second kappa shape index (κ2) is 5.55. The molecule has 0 atom stereocenters. The van der Waals surface area contributed by atoms with Gasteiger partial charge in [0.1, 0.15) is 0 Å². The fourth-order valence-corrected chi connectivity index (χ4v) is 2.29. The standard InChI is InChI=1S/C12H14N2O5/c1-4-5-9-7(2)11(13(16)17)10(6-15)12(8(9)3)14(18)19/h6H,4-5H2,1-3H3. The minimum atomic E-state index is -0.731. The summed E-state index contributed by atoms with van der Waals surface area (Å²) in [6, 6.07) is 0. The Bertz CT molecular complexity index is 525. The summed E-state index contributed by atoms with van der Waals surface area (Å²) in [4.78, 5) is 31.7. The lowest BCUT2D eigenvalue weighted by Gasteiger charge is -2.11. The Morgan fingerprint density at radius 2 is 1.47 bits per heavy atom. The van der Waals surface area contributed by atoms with E-state index in [1.807, 2.05) is 6.92 Å². The van der Waals surface area contributed by atoms with Crippen LogP contribution in [0.5, 0.6) is 0 Å². The molecule has 0 bridgehead atoms. The van der Waals surface area contributed by atoms with Crippen LogP contribution in [0.25, 0.3) is 0 Å². The first-order valence-electron chi connectivity index (χ1n) is 5.76. The lowest BCUT2D eigenvalue weighted by atomic mass is 9.92. The van der Waals surface area contributed by atoms with E-state index in [2.05, 4.69) is 0 Å². The van der Waals surface area contributed by atoms with Crippen LogP contribution >= 0.6 is 0 Å². The van der Waals surface area contributed by atoms with Gasteiger partial charge < -0.3 is 0 Å². The molecule has 0 aliphatic heterocycles. The first kappa shape index (κ1) is 14.7. The molecule has 1 aromatic rings. The summed E-state index contributed by atoms with van der Waals surface area (Å²) in [5.41, 5.74) is -0.142. The number of hydrogen-bond donors (Lipinski definition) is 0. The molecule has 0 radical (unpaired) electrons. The molecule has 0 saturated heterocycles. The Labute approximate surface area is 109 Å². The van der Waals surface area contributed by atoms with Crippen LogP contribution in [0.2, 0.25) is 0 Å². The van der Waals surface area contributed by atoms with Crippen LogP contribution in [0, 0.1) is 34.1 Å². The fraction of sp³-hybridized carbons (Fsp3) is 0.417. The van der Waals surface area contributed by atoms with Crippen molar-refractivity contribution in [2.45, 2.75) is 33.6 Å². The molecule has 0 heterocycles. The van der Waals surface area contributed by atoms with Gasteiger partial charge in [0.2, 0.25) is 0 Å². The SMILES string of the molecule is CCCc1c(C)c([N+](=O)[O-])c(C=O)c([N+](=O)[O-])c1C. The summed E-state index contributed by atoms with van der Waals surface area (Å²) in [7, 11) is 0. The highest BCUT2D eigenvalue weighted by molar-refractivity contribution is 5.90. The normalized spacial score (nSPS) is 10.3. The predicted molar refractivity (Wildman–Crippen MR) is 68.6 cm³/mol. The maximum Gasteiger partial charge on any atom is 0.290 e. The Morgan fingerprint density at radius 1 is 1.05 bits per heavy atom. The van der Waals surface area contributed by atoms with Gasteiger partial charge in [0.05, 0.1) is 9.85 Å². The van der Waals surface area contributed by atoms with Gasteiger partial charge in [-0.15, -0.1) is 0 Å². The zero-order valence-corrected chi connectivity index (χ0v) is 10.9. The average molecular weight is 266 g/mol. The molecular formula is C12H14N2O5. The van der Waals surface area contributed by atoms with Crippen molar-refractivity contribution in [3.63, 3.8) is 0 Å². The molecule has 0 spiro atoms. The van der Waals surface area contributed by atoms with E-state index in [1.54, 1.807) is 0 Å². The first-order chi connectivity index (χ1) is 8.86. The number of nitrogens with zero attached hydrogens (tertiary/aromatic N) is 2. The lowest BCUT2D eigenvalue weighted by Crippen LogP contribution is -2.08. The van der Waals surface area contributed by atoms with Gasteiger partial charge in [0.15, 0.2) is 11.8 Å². The maximum absolute atomic E-state index is 11.1. The number of carbonyl (C=O) groups excluding carboxylic acids is 1. The van der Waals surface area contributed by atoms with E-state index in [1.165, 1.54) is 13.8 Å². The van der Waals surface area contributed by atoms with Crippen molar-refractivity contribution in [1.29, 1.82) is 0 Å². The number of carbonyl (C=O) groups is 1. The molecule has 0 saturated carbocycles. The second-order valence-corrected chi connectivity index (χ2v) is 4.22. The fourth-order valence-electron chi connectivity index (χ4n) is 2.29. The number of hydrogen-bond acceptors (Lipinski definition) is 5. The van der Waals surface area contributed by atoms with E-state index in [0.717, 1.165) is 0 Å². The monoisotopic (exact) mass is 266 g/mol. The summed E-state index contributed by atoms with van der Waals surface area (Å²) >= 11 is 0. The molecular weight excluding hydrogens is 252 g/mol. The van der Waals surface area contributed by atoms with E-state index in [9.17, 15) is 25.0 Å². The van der Waals surface area contributed by atoms with E-state index in [4.69, 9.17) is 0 Å². The Morgan fingerprint density at radius 3 is 1.74 bits per heavy atom. The van der Waals surface area contributed by atoms with Crippen molar-refractivity contribution < 1.29 is 14.6 Å². The van der Waals surface area contributed by atoms with Crippen LogP contribution in [-0.4, -0.2) is 16.1 Å². The van der Waals surface area contributed by atoms with Crippen molar-refractivity contribution >= 4 is 17.7 Å². The number of benzene rings is 1. The number of nitro benzene ring substituents is 2. The predicted octanol–water partition coefficient (Wildman–Crippen LogP) is 2.88. The molecule has 0 aliphatic carbocycles. The quantitative estimate of drug-likeness (QED) is 0.463. The van der Waals surface area contributed by atoms with E-state index < -0.39 is 26.8 Å². The highest BCUT2D eigenvalue weighted by atomic mass is 16.6. The van der Waals surface area contributed by atoms with Gasteiger partial charge in [-0.05, 0) is 25.8 Å². The van der Waals surface area contributed by atoms with E-state index in [0.29, 0.717) is 29.5 Å². The molecule has 102 valence electrons. The van der Waals surface area contributed by atoms with Gasteiger partial charge >= 0.3 is 0 Å². The molecule has 1 aromatic carbocycles. The molecule has 0 fully saturated rings. The Kier molecular flexibility index (Phi) is 4.31. The van der Waals surface area contributed by atoms with Gasteiger partial charge in [-0.2, -0.15) is 0 Å². The van der Waals surface area contributed by atoms with Crippen LogP contribution in [0.4, 0.5) is 11.4 Å². The number of aldehydes is 1. The number of rotatable bonds is 5. The molecule has 0 unspecified atom stereocenters. The third kappa shape index (κ3) is 2.44. The minimum absolute atomic E-state index is 0.187. The summed E-state index contributed by atoms with van der Waals surface area (Å²) in [5, 5.41) is 22.1. The molecule has 7 nitrogen and oxygen atoms in total. The van der Waals surface area contributed by atoms with Gasteiger partial charge in [0.25, 0.3) is 11.4 Å².